The van der Waals surface area contributed by atoms with E-state index in [2.05, 4.69) is 10.3 Å². The number of alkyl halides is 3. The standard InChI is InChI=1S/C13H17F3N2O/c1-3-8-18-12(17-2)11(19)9-6-4-5-7-10(9)13(14,15)16/h4-7,11,19H,3,8H2,1-2H3,(H,17,18). The van der Waals surface area contributed by atoms with Crippen LogP contribution in [-0.4, -0.2) is 24.5 Å². The molecule has 106 valence electrons. The Morgan fingerprint density at radius 3 is 2.53 bits per heavy atom. The van der Waals surface area contributed by atoms with E-state index in [0.717, 1.165) is 12.5 Å². The van der Waals surface area contributed by atoms with Gasteiger partial charge in [-0.1, -0.05) is 25.1 Å². The Hall–Kier alpha value is -1.56. The molecule has 0 bridgehead atoms. The van der Waals surface area contributed by atoms with Crippen LogP contribution >= 0.6 is 0 Å². The van der Waals surface area contributed by atoms with Gasteiger partial charge in [0, 0.05) is 19.2 Å². The van der Waals surface area contributed by atoms with Crippen molar-refractivity contribution in [1.29, 1.82) is 0 Å². The third-order valence-corrected chi connectivity index (χ3v) is 2.62. The fraction of sp³-hybridized carbons (Fsp3) is 0.462. The molecule has 0 spiro atoms. The number of amidine groups is 1. The van der Waals surface area contributed by atoms with Crippen molar-refractivity contribution in [2.75, 3.05) is 13.6 Å². The first-order chi connectivity index (χ1) is 8.91. The van der Waals surface area contributed by atoms with Gasteiger partial charge in [0.25, 0.3) is 0 Å². The summed E-state index contributed by atoms with van der Waals surface area (Å²) in [6.45, 7) is 2.45. The van der Waals surface area contributed by atoms with Crippen LogP contribution in [0, 0.1) is 0 Å². The molecular formula is C13H17F3N2O. The van der Waals surface area contributed by atoms with Crippen molar-refractivity contribution in [2.24, 2.45) is 4.99 Å². The molecule has 2 N–H and O–H groups in total. The van der Waals surface area contributed by atoms with Gasteiger partial charge in [-0.25, -0.2) is 0 Å². The molecule has 0 saturated heterocycles. The Kier molecular flexibility index (Phi) is 5.35. The summed E-state index contributed by atoms with van der Waals surface area (Å²) in [5, 5.41) is 12.9. The third kappa shape index (κ3) is 3.96. The second kappa shape index (κ2) is 6.56. The van der Waals surface area contributed by atoms with Gasteiger partial charge < -0.3 is 10.4 Å². The number of aliphatic imine (C=N–C) groups is 1. The van der Waals surface area contributed by atoms with E-state index in [0.29, 0.717) is 6.54 Å². The van der Waals surface area contributed by atoms with E-state index >= 15 is 0 Å². The first kappa shape index (κ1) is 15.5. The van der Waals surface area contributed by atoms with Gasteiger partial charge in [-0.05, 0) is 12.5 Å². The Bertz CT molecular complexity index is 444. The molecule has 0 amide bonds. The molecule has 1 unspecified atom stereocenters. The Morgan fingerprint density at radius 2 is 2.00 bits per heavy atom. The first-order valence-corrected chi connectivity index (χ1v) is 5.96. The number of rotatable bonds is 4. The molecule has 0 fully saturated rings. The second-order valence-electron chi connectivity index (χ2n) is 4.02. The zero-order valence-electron chi connectivity index (χ0n) is 10.8. The maximum Gasteiger partial charge on any atom is 0.416 e. The highest BCUT2D eigenvalue weighted by molar-refractivity contribution is 5.87. The number of aliphatic hydroxyl groups is 1. The molecule has 0 aromatic heterocycles. The highest BCUT2D eigenvalue weighted by atomic mass is 19.4. The van der Waals surface area contributed by atoms with E-state index in [1.54, 1.807) is 0 Å². The maximum absolute atomic E-state index is 12.9. The average Bonchev–Trinajstić information content (AvgIpc) is 2.38. The Morgan fingerprint density at radius 1 is 1.37 bits per heavy atom. The lowest BCUT2D eigenvalue weighted by Gasteiger charge is -2.19. The molecule has 1 aromatic rings. The predicted octanol–water partition coefficient (Wildman–Crippen LogP) is 2.77. The van der Waals surface area contributed by atoms with Crippen LogP contribution in [0.15, 0.2) is 29.3 Å². The minimum Gasteiger partial charge on any atom is -0.380 e. The summed E-state index contributed by atoms with van der Waals surface area (Å²) >= 11 is 0. The fourth-order valence-electron chi connectivity index (χ4n) is 1.69. The van der Waals surface area contributed by atoms with Gasteiger partial charge in [0.05, 0.1) is 5.56 Å². The number of hydrogen-bond donors (Lipinski definition) is 2. The Labute approximate surface area is 110 Å². The summed E-state index contributed by atoms with van der Waals surface area (Å²) in [5.74, 6) is 0.138. The van der Waals surface area contributed by atoms with Crippen LogP contribution in [0.1, 0.15) is 30.6 Å². The zero-order chi connectivity index (χ0) is 14.5. The van der Waals surface area contributed by atoms with Crippen molar-refractivity contribution in [2.45, 2.75) is 25.6 Å². The van der Waals surface area contributed by atoms with Crippen LogP contribution in [0.25, 0.3) is 0 Å². The van der Waals surface area contributed by atoms with Crippen molar-refractivity contribution < 1.29 is 18.3 Å². The average molecular weight is 274 g/mol. The summed E-state index contributed by atoms with van der Waals surface area (Å²) in [6.07, 6.45) is -5.12. The second-order valence-corrected chi connectivity index (χ2v) is 4.02. The van der Waals surface area contributed by atoms with Crippen LogP contribution in [0.2, 0.25) is 0 Å². The molecule has 1 rings (SSSR count). The van der Waals surface area contributed by atoms with Crippen LogP contribution in [0.4, 0.5) is 13.2 Å². The molecule has 1 atom stereocenters. The van der Waals surface area contributed by atoms with Crippen molar-refractivity contribution in [3.63, 3.8) is 0 Å². The van der Waals surface area contributed by atoms with E-state index in [9.17, 15) is 18.3 Å². The van der Waals surface area contributed by atoms with Gasteiger partial charge in [-0.2, -0.15) is 13.2 Å². The monoisotopic (exact) mass is 274 g/mol. The zero-order valence-corrected chi connectivity index (χ0v) is 10.8. The molecule has 0 aliphatic carbocycles. The number of benzene rings is 1. The molecule has 6 heteroatoms. The van der Waals surface area contributed by atoms with Gasteiger partial charge in [0.15, 0.2) is 0 Å². The van der Waals surface area contributed by atoms with E-state index in [1.807, 2.05) is 6.92 Å². The number of aliphatic hydroxyl groups excluding tert-OH is 1. The van der Waals surface area contributed by atoms with Gasteiger partial charge in [-0.3, -0.25) is 4.99 Å². The summed E-state index contributed by atoms with van der Waals surface area (Å²) in [4.78, 5) is 3.81. The van der Waals surface area contributed by atoms with Crippen LogP contribution in [0.5, 0.6) is 0 Å². The van der Waals surface area contributed by atoms with Crippen molar-refractivity contribution in [3.05, 3.63) is 35.4 Å². The molecule has 0 radical (unpaired) electrons. The normalized spacial score (nSPS) is 14.3. The number of nitrogens with one attached hydrogen (secondary N) is 1. The SMILES string of the molecule is CCCNC(=NC)C(O)c1ccccc1C(F)(F)F. The van der Waals surface area contributed by atoms with Crippen molar-refractivity contribution >= 4 is 5.84 Å². The van der Waals surface area contributed by atoms with Gasteiger partial charge >= 0.3 is 6.18 Å². The third-order valence-electron chi connectivity index (χ3n) is 2.62. The fourth-order valence-corrected chi connectivity index (χ4v) is 1.69. The summed E-state index contributed by atoms with van der Waals surface area (Å²) in [7, 11) is 1.43. The molecule has 0 saturated carbocycles. The summed E-state index contributed by atoms with van der Waals surface area (Å²) in [6, 6.07) is 4.96. The highest BCUT2D eigenvalue weighted by Crippen LogP contribution is 2.34. The minimum atomic E-state index is -4.50. The van der Waals surface area contributed by atoms with Gasteiger partial charge in [0.2, 0.25) is 0 Å². The van der Waals surface area contributed by atoms with E-state index in [-0.39, 0.29) is 11.4 Å². The summed E-state index contributed by atoms with van der Waals surface area (Å²) in [5.41, 5.74) is -1.04. The maximum atomic E-state index is 12.9. The lowest BCUT2D eigenvalue weighted by molar-refractivity contribution is -0.138. The Balaban J connectivity index is 3.08. The largest absolute Gasteiger partial charge is 0.416 e. The lowest BCUT2D eigenvalue weighted by atomic mass is 10.0. The number of nitrogens with zero attached hydrogens (tertiary/aromatic N) is 1. The van der Waals surface area contributed by atoms with Crippen LogP contribution in [-0.2, 0) is 6.18 Å². The summed E-state index contributed by atoms with van der Waals surface area (Å²) < 4.78 is 38.6. The topological polar surface area (TPSA) is 44.6 Å². The number of halogens is 3. The minimum absolute atomic E-state index is 0.138. The molecule has 3 nitrogen and oxygen atoms in total. The van der Waals surface area contributed by atoms with E-state index < -0.39 is 17.8 Å². The molecule has 0 aliphatic heterocycles. The van der Waals surface area contributed by atoms with E-state index in [1.165, 1.54) is 25.2 Å². The van der Waals surface area contributed by atoms with Crippen LogP contribution in [0.3, 0.4) is 0 Å². The quantitative estimate of drug-likeness (QED) is 0.655. The highest BCUT2D eigenvalue weighted by Gasteiger charge is 2.35. The molecule has 0 aliphatic rings. The number of hydrogen-bond acceptors (Lipinski definition) is 2. The first-order valence-electron chi connectivity index (χ1n) is 5.96. The van der Waals surface area contributed by atoms with E-state index in [4.69, 9.17) is 0 Å². The molecule has 1 aromatic carbocycles. The van der Waals surface area contributed by atoms with Gasteiger partial charge in [-0.15, -0.1) is 0 Å². The van der Waals surface area contributed by atoms with Crippen molar-refractivity contribution in [3.8, 4) is 0 Å². The van der Waals surface area contributed by atoms with Crippen LogP contribution < -0.4 is 5.32 Å². The molecule has 19 heavy (non-hydrogen) atoms. The molecule has 0 heterocycles. The predicted molar refractivity (Wildman–Crippen MR) is 68.1 cm³/mol. The lowest BCUT2D eigenvalue weighted by Crippen LogP contribution is -2.31. The smallest absolute Gasteiger partial charge is 0.380 e. The van der Waals surface area contributed by atoms with Crippen molar-refractivity contribution in [1.82, 2.24) is 5.32 Å². The molecular weight excluding hydrogens is 257 g/mol. The van der Waals surface area contributed by atoms with Gasteiger partial charge in [0.1, 0.15) is 11.9 Å².